The van der Waals surface area contributed by atoms with E-state index in [0.29, 0.717) is 0 Å². The normalized spacial score (nSPS) is 11.0. The Balaban J connectivity index is 1.87. The van der Waals surface area contributed by atoms with Crippen molar-refractivity contribution in [3.8, 4) is 5.75 Å². The maximum Gasteiger partial charge on any atom is 0.133 e. The lowest BCUT2D eigenvalue weighted by Crippen LogP contribution is -1.87. The summed E-state index contributed by atoms with van der Waals surface area (Å²) in [5, 5.41) is 4.97. The Hall–Kier alpha value is -2.45. The van der Waals surface area contributed by atoms with Crippen LogP contribution in [0.4, 0.5) is 0 Å². The number of rotatable bonds is 3. The molecule has 0 unspecified atom stereocenters. The van der Waals surface area contributed by atoms with Crippen molar-refractivity contribution < 1.29 is 4.74 Å². The van der Waals surface area contributed by atoms with Crippen molar-refractivity contribution in [1.82, 2.24) is 0 Å². The minimum atomic E-state index is 0.918. The molecule has 0 aliphatic carbocycles. The van der Waals surface area contributed by atoms with E-state index >= 15 is 0 Å². The van der Waals surface area contributed by atoms with Gasteiger partial charge in [0.15, 0.2) is 0 Å². The molecule has 0 spiro atoms. The SMILES string of the molecule is COc1cc2cc3ccccc3cc2cc1Sc1ccccc1. The molecule has 0 radical (unpaired) electrons. The van der Waals surface area contributed by atoms with Crippen molar-refractivity contribution in [2.75, 3.05) is 7.11 Å². The van der Waals surface area contributed by atoms with Gasteiger partial charge in [0.05, 0.1) is 12.0 Å². The van der Waals surface area contributed by atoms with Crippen LogP contribution in [0, 0.1) is 0 Å². The predicted octanol–water partition coefficient (Wildman–Crippen LogP) is 6.15. The van der Waals surface area contributed by atoms with Crippen molar-refractivity contribution in [2.45, 2.75) is 9.79 Å². The Morgan fingerprint density at radius 2 is 1.26 bits per heavy atom. The van der Waals surface area contributed by atoms with E-state index in [-0.39, 0.29) is 0 Å². The Bertz CT molecular complexity index is 977. The number of hydrogen-bond acceptors (Lipinski definition) is 2. The van der Waals surface area contributed by atoms with Crippen molar-refractivity contribution in [2.24, 2.45) is 0 Å². The average molecular weight is 316 g/mol. The van der Waals surface area contributed by atoms with Crippen LogP contribution in [0.1, 0.15) is 0 Å². The number of ether oxygens (including phenoxy) is 1. The van der Waals surface area contributed by atoms with E-state index in [1.165, 1.54) is 26.4 Å². The Morgan fingerprint density at radius 3 is 1.91 bits per heavy atom. The molecule has 0 bridgehead atoms. The monoisotopic (exact) mass is 316 g/mol. The van der Waals surface area contributed by atoms with Gasteiger partial charge in [0.1, 0.15) is 5.75 Å². The lowest BCUT2D eigenvalue weighted by atomic mass is 10.0. The first-order chi connectivity index (χ1) is 11.3. The average Bonchev–Trinajstić information content (AvgIpc) is 2.60. The van der Waals surface area contributed by atoms with E-state index < -0.39 is 0 Å². The molecule has 0 N–H and O–H groups in total. The maximum atomic E-state index is 5.62. The molecule has 0 atom stereocenters. The van der Waals surface area contributed by atoms with E-state index in [9.17, 15) is 0 Å². The summed E-state index contributed by atoms with van der Waals surface area (Å²) in [5.74, 6) is 0.918. The lowest BCUT2D eigenvalue weighted by Gasteiger charge is -2.11. The minimum Gasteiger partial charge on any atom is -0.496 e. The number of hydrogen-bond donors (Lipinski definition) is 0. The molecule has 4 aromatic carbocycles. The van der Waals surface area contributed by atoms with Crippen LogP contribution in [0.3, 0.4) is 0 Å². The van der Waals surface area contributed by atoms with Crippen molar-refractivity contribution in [1.29, 1.82) is 0 Å². The van der Waals surface area contributed by atoms with Crippen LogP contribution < -0.4 is 4.74 Å². The Kier molecular flexibility index (Phi) is 3.68. The van der Waals surface area contributed by atoms with E-state index in [2.05, 4.69) is 72.8 Å². The highest BCUT2D eigenvalue weighted by Gasteiger charge is 2.08. The maximum absolute atomic E-state index is 5.62. The summed E-state index contributed by atoms with van der Waals surface area (Å²) in [4.78, 5) is 2.35. The highest BCUT2D eigenvalue weighted by molar-refractivity contribution is 7.99. The third-order valence-corrected chi connectivity index (χ3v) is 5.01. The van der Waals surface area contributed by atoms with Gasteiger partial charge in [-0.3, -0.25) is 0 Å². The van der Waals surface area contributed by atoms with Gasteiger partial charge in [0.2, 0.25) is 0 Å². The quantitative estimate of drug-likeness (QED) is 0.419. The van der Waals surface area contributed by atoms with Crippen molar-refractivity contribution >= 4 is 33.3 Å². The van der Waals surface area contributed by atoms with Gasteiger partial charge in [-0.1, -0.05) is 54.2 Å². The van der Waals surface area contributed by atoms with Gasteiger partial charge in [-0.05, 0) is 57.9 Å². The fraction of sp³-hybridized carbons (Fsp3) is 0.0476. The molecule has 2 heteroatoms. The van der Waals surface area contributed by atoms with Gasteiger partial charge in [-0.15, -0.1) is 0 Å². The summed E-state index contributed by atoms with van der Waals surface area (Å²) >= 11 is 1.73. The zero-order valence-corrected chi connectivity index (χ0v) is 13.6. The zero-order valence-electron chi connectivity index (χ0n) is 12.8. The van der Waals surface area contributed by atoms with E-state index in [0.717, 1.165) is 10.6 Å². The first kappa shape index (κ1) is 14.2. The van der Waals surface area contributed by atoms with Gasteiger partial charge in [0.25, 0.3) is 0 Å². The van der Waals surface area contributed by atoms with Gasteiger partial charge in [-0.25, -0.2) is 0 Å². The number of methoxy groups -OCH3 is 1. The molecule has 1 nitrogen and oxygen atoms in total. The van der Waals surface area contributed by atoms with E-state index in [1.54, 1.807) is 18.9 Å². The molecule has 23 heavy (non-hydrogen) atoms. The second kappa shape index (κ2) is 5.98. The fourth-order valence-electron chi connectivity index (χ4n) is 2.81. The lowest BCUT2D eigenvalue weighted by molar-refractivity contribution is 0.405. The first-order valence-corrected chi connectivity index (χ1v) is 8.38. The van der Waals surface area contributed by atoms with Crippen LogP contribution in [0.15, 0.2) is 88.7 Å². The van der Waals surface area contributed by atoms with E-state index in [1.807, 2.05) is 6.07 Å². The van der Waals surface area contributed by atoms with Gasteiger partial charge >= 0.3 is 0 Å². The standard InChI is InChI=1S/C21H16OS/c1-22-20-13-17-11-15-7-5-6-8-16(15)12-18(17)14-21(20)23-19-9-3-2-4-10-19/h2-14H,1H3. The van der Waals surface area contributed by atoms with Crippen LogP contribution in [-0.2, 0) is 0 Å². The second-order valence-electron chi connectivity index (χ2n) is 5.46. The zero-order chi connectivity index (χ0) is 15.6. The summed E-state index contributed by atoms with van der Waals surface area (Å²) in [6.45, 7) is 0. The molecule has 0 aliphatic heterocycles. The summed E-state index contributed by atoms with van der Waals surface area (Å²) in [7, 11) is 1.73. The Morgan fingerprint density at radius 1 is 0.652 bits per heavy atom. The molecule has 4 aromatic rings. The smallest absolute Gasteiger partial charge is 0.133 e. The molecule has 4 rings (SSSR count). The van der Waals surface area contributed by atoms with Gasteiger partial charge in [-0.2, -0.15) is 0 Å². The summed E-state index contributed by atoms with van der Waals surface area (Å²) in [6, 6.07) is 27.7. The first-order valence-electron chi connectivity index (χ1n) is 7.57. The topological polar surface area (TPSA) is 9.23 Å². The van der Waals surface area contributed by atoms with Crippen LogP contribution >= 0.6 is 11.8 Å². The van der Waals surface area contributed by atoms with Crippen LogP contribution in [-0.4, -0.2) is 7.11 Å². The van der Waals surface area contributed by atoms with Crippen molar-refractivity contribution in [3.05, 3.63) is 78.9 Å². The molecule has 0 saturated heterocycles. The third-order valence-electron chi connectivity index (χ3n) is 3.96. The molecule has 0 saturated carbocycles. The number of benzene rings is 4. The molecule has 0 aliphatic rings. The minimum absolute atomic E-state index is 0.918. The van der Waals surface area contributed by atoms with Crippen molar-refractivity contribution in [3.63, 3.8) is 0 Å². The summed E-state index contributed by atoms with van der Waals surface area (Å²) in [5.41, 5.74) is 0. The molecular weight excluding hydrogens is 300 g/mol. The molecule has 0 amide bonds. The molecular formula is C21H16OS. The largest absolute Gasteiger partial charge is 0.496 e. The number of fused-ring (bicyclic) bond motifs is 2. The fourth-order valence-corrected chi connectivity index (χ4v) is 3.78. The van der Waals surface area contributed by atoms with Crippen LogP contribution in [0.25, 0.3) is 21.5 Å². The highest BCUT2D eigenvalue weighted by atomic mass is 32.2. The van der Waals surface area contributed by atoms with Crippen LogP contribution in [0.2, 0.25) is 0 Å². The highest BCUT2D eigenvalue weighted by Crippen LogP contribution is 2.38. The second-order valence-corrected chi connectivity index (χ2v) is 6.58. The summed E-state index contributed by atoms with van der Waals surface area (Å²) < 4.78 is 5.62. The van der Waals surface area contributed by atoms with Crippen LogP contribution in [0.5, 0.6) is 5.75 Å². The van der Waals surface area contributed by atoms with Gasteiger partial charge in [0, 0.05) is 4.90 Å². The molecule has 0 aromatic heterocycles. The molecule has 112 valence electrons. The third kappa shape index (κ3) is 2.78. The predicted molar refractivity (Wildman–Crippen MR) is 98.6 cm³/mol. The molecule has 0 fully saturated rings. The molecule has 0 heterocycles. The van der Waals surface area contributed by atoms with Gasteiger partial charge < -0.3 is 4.74 Å². The van der Waals surface area contributed by atoms with E-state index in [4.69, 9.17) is 4.74 Å². The summed E-state index contributed by atoms with van der Waals surface area (Å²) in [6.07, 6.45) is 0. The Labute approximate surface area is 139 Å².